The Balaban J connectivity index is 1.25. The lowest BCUT2D eigenvalue weighted by Gasteiger charge is -2.43. The van der Waals surface area contributed by atoms with Crippen LogP contribution in [0.1, 0.15) is 17.5 Å². The van der Waals surface area contributed by atoms with Gasteiger partial charge in [-0.15, -0.1) is 11.8 Å². The smallest absolute Gasteiger partial charge is 0.370 e. The zero-order valence-electron chi connectivity index (χ0n) is 15.8. The molecular weight excluding hydrogens is 426 g/mol. The van der Waals surface area contributed by atoms with Gasteiger partial charge < -0.3 is 19.9 Å². The molecule has 0 unspecified atom stereocenters. The molecule has 1 saturated heterocycles. The van der Waals surface area contributed by atoms with Crippen LogP contribution in [0.3, 0.4) is 0 Å². The second-order valence-electron chi connectivity index (χ2n) is 7.33. The molecule has 3 aliphatic rings. The van der Waals surface area contributed by atoms with Crippen molar-refractivity contribution in [2.24, 2.45) is 0 Å². The van der Waals surface area contributed by atoms with Gasteiger partial charge in [-0.3, -0.25) is 4.79 Å². The van der Waals surface area contributed by atoms with Crippen LogP contribution in [0.2, 0.25) is 0 Å². The average Bonchev–Trinajstić information content (AvgIpc) is 2.66. The summed E-state index contributed by atoms with van der Waals surface area (Å²) in [4.78, 5) is 28.5. The number of thioether (sulfide) groups is 1. The Morgan fingerprint density at radius 3 is 2.73 bits per heavy atom. The molecule has 0 spiro atoms. The quantitative estimate of drug-likeness (QED) is 0.727. The number of amides is 3. The van der Waals surface area contributed by atoms with Gasteiger partial charge in [-0.1, -0.05) is 6.07 Å². The van der Waals surface area contributed by atoms with E-state index < -0.39 is 17.6 Å². The second kappa shape index (κ2) is 8.10. The number of carbonyl (C=O) groups excluding carboxylic acids is 2. The van der Waals surface area contributed by atoms with Crippen LogP contribution in [-0.2, 0) is 22.3 Å². The Kier molecular flexibility index (Phi) is 5.67. The predicted octanol–water partition coefficient (Wildman–Crippen LogP) is 2.95. The largest absolute Gasteiger partial charge is 0.416 e. The first-order chi connectivity index (χ1) is 14.2. The van der Waals surface area contributed by atoms with Crippen LogP contribution in [-0.4, -0.2) is 59.8 Å². The zero-order chi connectivity index (χ0) is 21.5. The van der Waals surface area contributed by atoms with E-state index in [1.807, 2.05) is 0 Å². The van der Waals surface area contributed by atoms with E-state index in [9.17, 15) is 27.2 Å². The summed E-state index contributed by atoms with van der Waals surface area (Å²) in [6.45, 7) is 1.40. The maximum atomic E-state index is 13.9. The number of nitrogens with one attached hydrogen (secondary N) is 1. The highest BCUT2D eigenvalue weighted by molar-refractivity contribution is 8.03. The molecule has 1 aromatic rings. The topological polar surface area (TPSA) is 61.9 Å². The first-order valence-corrected chi connectivity index (χ1v) is 10.3. The van der Waals surface area contributed by atoms with E-state index in [2.05, 4.69) is 5.32 Å². The minimum absolute atomic E-state index is 0.0359. The normalized spacial score (nSPS) is 20.1. The molecule has 6 nitrogen and oxygen atoms in total. The minimum Gasteiger partial charge on any atom is -0.370 e. The predicted molar refractivity (Wildman–Crippen MR) is 101 cm³/mol. The lowest BCUT2D eigenvalue weighted by molar-refractivity contribution is -0.137. The van der Waals surface area contributed by atoms with Crippen LogP contribution in [0.15, 0.2) is 28.8 Å². The summed E-state index contributed by atoms with van der Waals surface area (Å²) in [5.74, 6) is -0.639. The number of hydrogen-bond acceptors (Lipinski definition) is 4. The van der Waals surface area contributed by atoms with Crippen molar-refractivity contribution >= 4 is 23.7 Å². The van der Waals surface area contributed by atoms with Gasteiger partial charge in [-0.05, 0) is 18.6 Å². The number of benzene rings is 1. The highest BCUT2D eigenvalue weighted by atomic mass is 32.2. The van der Waals surface area contributed by atoms with Crippen molar-refractivity contribution in [1.82, 2.24) is 15.1 Å². The fourth-order valence-corrected chi connectivity index (χ4v) is 4.39. The van der Waals surface area contributed by atoms with Crippen LogP contribution in [0.25, 0.3) is 0 Å². The van der Waals surface area contributed by atoms with E-state index in [-0.39, 0.29) is 30.2 Å². The van der Waals surface area contributed by atoms with Crippen LogP contribution < -0.4 is 5.32 Å². The first-order valence-electron chi connectivity index (χ1n) is 9.36. The van der Waals surface area contributed by atoms with Crippen molar-refractivity contribution in [2.45, 2.75) is 25.3 Å². The lowest BCUT2D eigenvalue weighted by Crippen LogP contribution is -2.59. The van der Waals surface area contributed by atoms with E-state index in [1.54, 1.807) is 9.80 Å². The monoisotopic (exact) mass is 445 g/mol. The fourth-order valence-electron chi connectivity index (χ4n) is 3.48. The number of nitrogens with zero attached hydrogens (tertiary/aromatic N) is 2. The average molecular weight is 445 g/mol. The molecular formula is C19H19F4N3O3S. The van der Waals surface area contributed by atoms with Crippen molar-refractivity contribution in [3.05, 3.63) is 45.7 Å². The van der Waals surface area contributed by atoms with Crippen LogP contribution in [0.5, 0.6) is 0 Å². The molecule has 0 aliphatic carbocycles. The summed E-state index contributed by atoms with van der Waals surface area (Å²) in [5, 5.41) is 2.82. The van der Waals surface area contributed by atoms with Crippen molar-refractivity contribution in [2.75, 3.05) is 31.9 Å². The molecule has 0 radical (unpaired) electrons. The number of alkyl halides is 3. The van der Waals surface area contributed by atoms with Gasteiger partial charge in [-0.25, -0.2) is 9.18 Å². The van der Waals surface area contributed by atoms with Crippen molar-refractivity contribution in [3.8, 4) is 0 Å². The molecule has 0 aromatic heterocycles. The molecule has 1 N–H and O–H groups in total. The Morgan fingerprint density at radius 1 is 1.27 bits per heavy atom. The molecule has 0 atom stereocenters. The Morgan fingerprint density at radius 2 is 2.03 bits per heavy atom. The number of hydrogen-bond donors (Lipinski definition) is 1. The Bertz CT molecular complexity index is 900. The van der Waals surface area contributed by atoms with Crippen molar-refractivity contribution in [1.29, 1.82) is 0 Å². The van der Waals surface area contributed by atoms with Crippen molar-refractivity contribution in [3.63, 3.8) is 0 Å². The molecule has 3 aliphatic heterocycles. The molecule has 4 rings (SSSR count). The number of likely N-dealkylation sites (tertiary alicyclic amines) is 1. The van der Waals surface area contributed by atoms with E-state index >= 15 is 0 Å². The summed E-state index contributed by atoms with van der Waals surface area (Å²) in [7, 11) is 0. The molecule has 162 valence electrons. The Hall–Kier alpha value is -2.27. The maximum absolute atomic E-state index is 13.9. The summed E-state index contributed by atoms with van der Waals surface area (Å²) in [6.07, 6.45) is -4.20. The molecule has 3 amide bonds. The van der Waals surface area contributed by atoms with E-state index in [1.165, 1.54) is 11.8 Å². The molecule has 1 aromatic carbocycles. The Labute approximate surface area is 174 Å². The molecule has 3 heterocycles. The van der Waals surface area contributed by atoms with Gasteiger partial charge in [0.15, 0.2) is 0 Å². The van der Waals surface area contributed by atoms with Gasteiger partial charge >= 0.3 is 12.2 Å². The van der Waals surface area contributed by atoms with Gasteiger partial charge in [0.05, 0.1) is 43.7 Å². The van der Waals surface area contributed by atoms with E-state index in [0.717, 1.165) is 22.7 Å². The van der Waals surface area contributed by atoms with Gasteiger partial charge in [0, 0.05) is 22.7 Å². The fraction of sp³-hybridized carbons (Fsp3) is 0.474. The summed E-state index contributed by atoms with van der Waals surface area (Å²) >= 11 is 1.51. The third kappa shape index (κ3) is 4.41. The first kappa shape index (κ1) is 21.0. The lowest BCUT2D eigenvalue weighted by atomic mass is 10.1. The highest BCUT2D eigenvalue weighted by Crippen LogP contribution is 2.32. The SMILES string of the molecule is O=C1CSC2=C(CN(C(=O)N3CC(OCc4ccc(C(F)(F)F)cc4F)C3)CC2)N1. The zero-order valence-corrected chi connectivity index (χ0v) is 16.6. The van der Waals surface area contributed by atoms with Gasteiger partial charge in [0.2, 0.25) is 5.91 Å². The van der Waals surface area contributed by atoms with Gasteiger partial charge in [0.1, 0.15) is 5.82 Å². The van der Waals surface area contributed by atoms with E-state index in [0.29, 0.717) is 44.4 Å². The maximum Gasteiger partial charge on any atom is 0.416 e. The number of ether oxygens (including phenoxy) is 1. The van der Waals surface area contributed by atoms with Crippen LogP contribution >= 0.6 is 11.8 Å². The van der Waals surface area contributed by atoms with Gasteiger partial charge in [0.25, 0.3) is 0 Å². The third-order valence-electron chi connectivity index (χ3n) is 5.21. The van der Waals surface area contributed by atoms with Crippen molar-refractivity contribution < 1.29 is 31.9 Å². The van der Waals surface area contributed by atoms with Crippen LogP contribution in [0, 0.1) is 5.82 Å². The number of halogens is 4. The molecule has 1 fully saturated rings. The van der Waals surface area contributed by atoms with Crippen LogP contribution in [0.4, 0.5) is 22.4 Å². The second-order valence-corrected chi connectivity index (χ2v) is 8.40. The summed E-state index contributed by atoms with van der Waals surface area (Å²) < 4.78 is 57.2. The van der Waals surface area contributed by atoms with E-state index in [4.69, 9.17) is 4.74 Å². The summed E-state index contributed by atoms with van der Waals surface area (Å²) in [5.41, 5.74) is -0.229. The standard InChI is InChI=1S/C19H19F4N3O3S/c20-14-5-12(19(21,22)23)2-1-11(14)9-29-13-6-26(7-13)18(28)25-4-3-16-15(8-25)24-17(27)10-30-16/h1-2,5,13H,3-4,6-10H2,(H,24,27). The number of urea groups is 1. The number of carbonyl (C=O) groups is 2. The number of rotatable bonds is 3. The minimum atomic E-state index is -4.60. The highest BCUT2D eigenvalue weighted by Gasteiger charge is 2.36. The molecule has 0 saturated carbocycles. The molecule has 0 bridgehead atoms. The molecule has 30 heavy (non-hydrogen) atoms. The molecule has 11 heteroatoms. The van der Waals surface area contributed by atoms with Gasteiger partial charge in [-0.2, -0.15) is 13.2 Å². The third-order valence-corrected chi connectivity index (χ3v) is 6.41. The summed E-state index contributed by atoms with van der Waals surface area (Å²) in [6, 6.07) is 2.18.